The third-order valence-electron chi connectivity index (χ3n) is 9.39. The van der Waals surface area contributed by atoms with Crippen LogP contribution in [0.3, 0.4) is 0 Å². The van der Waals surface area contributed by atoms with E-state index in [0.717, 1.165) is 38.5 Å². The lowest BCUT2D eigenvalue weighted by atomic mass is 9.53. The van der Waals surface area contributed by atoms with Crippen LogP contribution in [0.15, 0.2) is 34.9 Å². The van der Waals surface area contributed by atoms with Gasteiger partial charge in [-0.15, -0.1) is 0 Å². The second-order valence-electron chi connectivity index (χ2n) is 13.0. The van der Waals surface area contributed by atoms with E-state index in [9.17, 15) is 14.7 Å². The number of amides is 1. The zero-order valence-electron chi connectivity index (χ0n) is 22.0. The predicted octanol–water partition coefficient (Wildman–Crippen LogP) is 5.57. The van der Waals surface area contributed by atoms with E-state index in [1.807, 2.05) is 43.9 Å². The summed E-state index contributed by atoms with van der Waals surface area (Å²) >= 11 is 0. The number of carbonyl (C=O) groups is 2. The van der Waals surface area contributed by atoms with Gasteiger partial charge in [0, 0.05) is 23.9 Å². The molecule has 1 aromatic carbocycles. The first kappa shape index (κ1) is 24.4. The number of aromatic nitrogens is 2. The summed E-state index contributed by atoms with van der Waals surface area (Å²) in [5, 5.41) is 14.2. The number of carbonyl (C=O) groups excluding carboxylic acids is 1. The summed E-state index contributed by atoms with van der Waals surface area (Å²) in [5.74, 6) is 0.983. The first-order valence-electron chi connectivity index (χ1n) is 13.7. The van der Waals surface area contributed by atoms with E-state index in [4.69, 9.17) is 14.2 Å². The molecule has 8 heteroatoms. The minimum Gasteiger partial charge on any atom is -0.481 e. The molecule has 1 unspecified atom stereocenters. The van der Waals surface area contributed by atoms with Crippen molar-refractivity contribution in [2.24, 2.45) is 5.41 Å². The van der Waals surface area contributed by atoms with Gasteiger partial charge in [0.15, 0.2) is 5.82 Å². The van der Waals surface area contributed by atoms with Crippen LogP contribution in [-0.2, 0) is 20.4 Å². The highest BCUT2D eigenvalue weighted by Gasteiger charge is 2.58. The summed E-state index contributed by atoms with van der Waals surface area (Å²) in [6.07, 6.45) is 6.78. The van der Waals surface area contributed by atoms with E-state index in [0.29, 0.717) is 43.4 Å². The van der Waals surface area contributed by atoms with Crippen molar-refractivity contribution in [3.05, 3.63) is 47.6 Å². The third kappa shape index (κ3) is 4.32. The largest absolute Gasteiger partial charge is 0.481 e. The highest BCUT2D eigenvalue weighted by molar-refractivity contribution is 5.75. The molecule has 5 aliphatic carbocycles. The lowest BCUT2D eigenvalue weighted by molar-refractivity contribution is -0.156. The SMILES string of the molecule is CC(C)(C)OC(=O)N(CC1(c2noc(C34CCC(C(=O)O)(CC3)CC4)n2)CC1)[C@H]1CC1c1ccccc1. The van der Waals surface area contributed by atoms with E-state index in [1.165, 1.54) is 5.56 Å². The number of hydrogen-bond donors (Lipinski definition) is 1. The molecule has 0 radical (unpaired) electrons. The van der Waals surface area contributed by atoms with Crippen LogP contribution in [0.2, 0.25) is 0 Å². The van der Waals surface area contributed by atoms with E-state index in [1.54, 1.807) is 0 Å². The second-order valence-corrected chi connectivity index (χ2v) is 13.0. The van der Waals surface area contributed by atoms with E-state index < -0.39 is 17.0 Å². The van der Waals surface area contributed by atoms with Gasteiger partial charge in [-0.25, -0.2) is 4.79 Å². The van der Waals surface area contributed by atoms with Crippen LogP contribution in [0.1, 0.15) is 102 Å². The molecule has 1 N–H and O–H groups in total. The van der Waals surface area contributed by atoms with Crippen molar-refractivity contribution in [3.8, 4) is 0 Å². The first-order valence-corrected chi connectivity index (χ1v) is 13.7. The standard InChI is InChI=1S/C29H37N3O5/c1-26(2,3)36-25(35)32(21-17-20(21)19-7-5-4-6-8-19)18-29(15-16-29)22-30-23(37-31-22)27-9-12-28(13-10-27,14-11-27)24(33)34/h4-8,20-21H,9-18H2,1-3H3,(H,33,34)/t20?,21-,27?,28?/m0/s1. The summed E-state index contributed by atoms with van der Waals surface area (Å²) in [6, 6.07) is 10.5. The Labute approximate surface area is 217 Å². The van der Waals surface area contributed by atoms with Crippen molar-refractivity contribution in [3.63, 3.8) is 0 Å². The molecule has 0 aliphatic heterocycles. The predicted molar refractivity (Wildman–Crippen MR) is 135 cm³/mol. The zero-order chi connectivity index (χ0) is 26.1. The highest BCUT2D eigenvalue weighted by Crippen LogP contribution is 2.58. The van der Waals surface area contributed by atoms with Crippen molar-refractivity contribution in [2.75, 3.05) is 6.54 Å². The Morgan fingerprint density at radius 3 is 2.27 bits per heavy atom. The fourth-order valence-electron chi connectivity index (χ4n) is 6.63. The number of benzene rings is 1. The molecular formula is C29H37N3O5. The number of fused-ring (bicyclic) bond motifs is 3. The van der Waals surface area contributed by atoms with Crippen molar-refractivity contribution >= 4 is 12.1 Å². The number of carboxylic acid groups (broad SMARTS) is 1. The van der Waals surface area contributed by atoms with Crippen LogP contribution in [0.4, 0.5) is 4.79 Å². The number of nitrogens with zero attached hydrogens (tertiary/aromatic N) is 3. The monoisotopic (exact) mass is 507 g/mol. The Balaban J connectivity index is 1.21. The maximum atomic E-state index is 13.4. The normalized spacial score (nSPS) is 31.5. The Morgan fingerprint density at radius 2 is 1.70 bits per heavy atom. The van der Waals surface area contributed by atoms with Gasteiger partial charge in [0.1, 0.15) is 5.60 Å². The number of aliphatic carboxylic acids is 1. The summed E-state index contributed by atoms with van der Waals surface area (Å²) < 4.78 is 11.7. The minimum atomic E-state index is -0.667. The molecule has 37 heavy (non-hydrogen) atoms. The first-order chi connectivity index (χ1) is 17.5. The molecule has 2 aromatic rings. The minimum absolute atomic E-state index is 0.0977. The summed E-state index contributed by atoms with van der Waals surface area (Å²) in [5.41, 5.74) is -0.422. The summed E-state index contributed by atoms with van der Waals surface area (Å²) in [6.45, 7) is 6.21. The van der Waals surface area contributed by atoms with Crippen LogP contribution in [0.25, 0.3) is 0 Å². The van der Waals surface area contributed by atoms with Crippen molar-refractivity contribution in [2.45, 2.75) is 107 Å². The molecule has 8 nitrogen and oxygen atoms in total. The number of carboxylic acids is 1. The molecule has 5 fully saturated rings. The van der Waals surface area contributed by atoms with Gasteiger partial charge >= 0.3 is 12.1 Å². The van der Waals surface area contributed by atoms with Crippen molar-refractivity contribution < 1.29 is 24.0 Å². The Bertz CT molecular complexity index is 1170. The lowest BCUT2D eigenvalue weighted by Gasteiger charge is -2.49. The quantitative estimate of drug-likeness (QED) is 0.522. The van der Waals surface area contributed by atoms with Crippen molar-refractivity contribution in [1.29, 1.82) is 0 Å². The van der Waals surface area contributed by atoms with E-state index in [2.05, 4.69) is 17.3 Å². The lowest BCUT2D eigenvalue weighted by Crippen LogP contribution is -2.48. The molecule has 198 valence electrons. The fraction of sp³-hybridized carbons (Fsp3) is 0.655. The maximum Gasteiger partial charge on any atom is 0.410 e. The van der Waals surface area contributed by atoms with E-state index in [-0.39, 0.29) is 23.0 Å². The van der Waals surface area contributed by atoms with Gasteiger partial charge in [0.05, 0.1) is 10.8 Å². The molecule has 5 aliphatic rings. The molecule has 2 bridgehead atoms. The zero-order valence-corrected chi connectivity index (χ0v) is 22.0. The molecule has 1 aromatic heterocycles. The average Bonchev–Trinajstić information content (AvgIpc) is 3.79. The maximum absolute atomic E-state index is 13.4. The van der Waals surface area contributed by atoms with Gasteiger partial charge in [0.2, 0.25) is 5.89 Å². The Kier molecular flexibility index (Phi) is 5.48. The van der Waals surface area contributed by atoms with Gasteiger partial charge in [-0.1, -0.05) is 35.5 Å². The van der Waals surface area contributed by atoms with Crippen LogP contribution < -0.4 is 0 Å². The molecular weight excluding hydrogens is 470 g/mol. The molecule has 0 spiro atoms. The van der Waals surface area contributed by atoms with Gasteiger partial charge in [-0.05, 0) is 84.1 Å². The van der Waals surface area contributed by atoms with Crippen molar-refractivity contribution in [1.82, 2.24) is 15.0 Å². The van der Waals surface area contributed by atoms with Crippen LogP contribution in [-0.4, -0.2) is 50.4 Å². The topological polar surface area (TPSA) is 106 Å². The van der Waals surface area contributed by atoms with Gasteiger partial charge in [0.25, 0.3) is 0 Å². The molecule has 5 saturated carbocycles. The molecule has 0 saturated heterocycles. The average molecular weight is 508 g/mol. The number of hydrogen-bond acceptors (Lipinski definition) is 6. The Hall–Kier alpha value is -2.90. The highest BCUT2D eigenvalue weighted by atomic mass is 16.6. The van der Waals surface area contributed by atoms with Gasteiger partial charge in [-0.2, -0.15) is 4.98 Å². The van der Waals surface area contributed by atoms with Gasteiger partial charge in [-0.3, -0.25) is 4.79 Å². The summed E-state index contributed by atoms with van der Waals surface area (Å²) in [7, 11) is 0. The molecule has 2 atom stereocenters. The van der Waals surface area contributed by atoms with Crippen LogP contribution in [0, 0.1) is 5.41 Å². The molecule has 1 amide bonds. The smallest absolute Gasteiger partial charge is 0.410 e. The molecule has 7 rings (SSSR count). The van der Waals surface area contributed by atoms with Crippen LogP contribution in [0.5, 0.6) is 0 Å². The third-order valence-corrected chi connectivity index (χ3v) is 9.39. The molecule has 1 heterocycles. The van der Waals surface area contributed by atoms with E-state index >= 15 is 0 Å². The van der Waals surface area contributed by atoms with Crippen LogP contribution >= 0.6 is 0 Å². The van der Waals surface area contributed by atoms with Gasteiger partial charge < -0.3 is 19.3 Å². The number of rotatable bonds is 7. The Morgan fingerprint density at radius 1 is 1.05 bits per heavy atom. The fourth-order valence-corrected chi connectivity index (χ4v) is 6.63. The number of ether oxygens (including phenoxy) is 1. The summed E-state index contributed by atoms with van der Waals surface area (Å²) in [4.78, 5) is 32.1. The second kappa shape index (κ2) is 8.30.